The zero-order chi connectivity index (χ0) is 24.3. The topological polar surface area (TPSA) is 121 Å². The summed E-state index contributed by atoms with van der Waals surface area (Å²) in [7, 11) is 1.45. The lowest BCUT2D eigenvalue weighted by Crippen LogP contribution is -2.36. The molecule has 172 valence electrons. The first-order chi connectivity index (χ1) is 15.5. The van der Waals surface area contributed by atoms with Crippen LogP contribution in [0.2, 0.25) is 0 Å². The fraction of sp³-hybridized carbons (Fsp3) is 0.174. The normalized spacial score (nSPS) is 11.6. The van der Waals surface area contributed by atoms with E-state index >= 15 is 0 Å². The largest absolute Gasteiger partial charge is 0.505 e. The predicted molar refractivity (Wildman–Crippen MR) is 117 cm³/mol. The highest BCUT2D eigenvalue weighted by atomic mass is 19.1. The highest BCUT2D eigenvalue weighted by Crippen LogP contribution is 2.27. The van der Waals surface area contributed by atoms with Gasteiger partial charge in [-0.2, -0.15) is 0 Å². The van der Waals surface area contributed by atoms with Crippen LogP contribution in [0.3, 0.4) is 0 Å². The van der Waals surface area contributed by atoms with Gasteiger partial charge in [-0.3, -0.25) is 9.59 Å². The number of hydrogen-bond donors (Lipinski definition) is 4. The summed E-state index contributed by atoms with van der Waals surface area (Å²) in [5.74, 6) is -3.15. The lowest BCUT2D eigenvalue weighted by molar-refractivity contribution is -0.137. The van der Waals surface area contributed by atoms with Crippen LogP contribution in [-0.4, -0.2) is 26.8 Å². The van der Waals surface area contributed by atoms with Crippen LogP contribution < -0.4 is 16.2 Å². The van der Waals surface area contributed by atoms with Crippen molar-refractivity contribution in [3.05, 3.63) is 81.8 Å². The van der Waals surface area contributed by atoms with Crippen LogP contribution in [0.15, 0.2) is 53.5 Å². The van der Waals surface area contributed by atoms with Crippen molar-refractivity contribution >= 4 is 17.7 Å². The van der Waals surface area contributed by atoms with Crippen molar-refractivity contribution in [3.63, 3.8) is 0 Å². The number of carboxylic acids is 1. The summed E-state index contributed by atoms with van der Waals surface area (Å²) < 4.78 is 28.4. The molecule has 0 saturated heterocycles. The summed E-state index contributed by atoms with van der Waals surface area (Å²) in [5, 5.41) is 24.2. The summed E-state index contributed by atoms with van der Waals surface area (Å²) in [5.41, 5.74) is 0.349. The first-order valence-corrected chi connectivity index (χ1v) is 9.80. The number of aliphatic carboxylic acids is 1. The maximum Gasteiger partial charge on any atom is 0.319 e. The molecule has 1 heterocycles. The molecule has 0 aliphatic rings. The number of anilines is 1. The molecule has 3 aromatic rings. The summed E-state index contributed by atoms with van der Waals surface area (Å²) in [6, 6.07) is 7.24. The van der Waals surface area contributed by atoms with Gasteiger partial charge >= 0.3 is 12.0 Å². The average molecular weight is 457 g/mol. The fourth-order valence-corrected chi connectivity index (χ4v) is 3.39. The Kier molecular flexibility index (Phi) is 6.76. The molecule has 0 bridgehead atoms. The minimum Gasteiger partial charge on any atom is -0.505 e. The molecule has 3 rings (SSSR count). The first-order valence-electron chi connectivity index (χ1n) is 9.80. The summed E-state index contributed by atoms with van der Waals surface area (Å²) in [4.78, 5) is 36.2. The predicted octanol–water partition coefficient (Wildman–Crippen LogP) is 3.68. The Balaban J connectivity index is 1.90. The average Bonchev–Trinajstić information content (AvgIpc) is 2.74. The van der Waals surface area contributed by atoms with Gasteiger partial charge in [-0.05, 0) is 41.8 Å². The van der Waals surface area contributed by atoms with E-state index in [4.69, 9.17) is 0 Å². The highest BCUT2D eigenvalue weighted by molar-refractivity contribution is 5.91. The van der Waals surface area contributed by atoms with Crippen LogP contribution in [0, 0.1) is 18.6 Å². The minimum atomic E-state index is -1.21. The molecular formula is C23H21F2N3O5. The van der Waals surface area contributed by atoms with Crippen LogP contribution in [-0.2, 0) is 11.8 Å². The molecule has 1 aromatic heterocycles. The first kappa shape index (κ1) is 23.5. The fourth-order valence-electron chi connectivity index (χ4n) is 3.39. The molecule has 2 aromatic carbocycles. The monoisotopic (exact) mass is 457 g/mol. The van der Waals surface area contributed by atoms with Gasteiger partial charge in [-0.25, -0.2) is 13.6 Å². The standard InChI is InChI=1S/C23H21F2N3O5/c1-12-11-28(2)22(32)20(21(12)31)27-23(33)26-18(10-19(29)30)14-5-3-4-13(6-14)15-7-16(24)9-17(25)8-15/h3-9,11,18,31H,10H2,1-2H3,(H,29,30)(H2,26,27,33)/t18-/m0/s1. The number of carbonyl (C=O) groups excluding carboxylic acids is 1. The number of halogens is 2. The van der Waals surface area contributed by atoms with E-state index in [1.807, 2.05) is 0 Å². The van der Waals surface area contributed by atoms with Crippen molar-refractivity contribution < 1.29 is 28.6 Å². The number of hydrogen-bond acceptors (Lipinski definition) is 4. The third-order valence-electron chi connectivity index (χ3n) is 4.94. The molecule has 0 fully saturated rings. The third-order valence-corrected chi connectivity index (χ3v) is 4.94. The van der Waals surface area contributed by atoms with Crippen molar-refractivity contribution in [1.82, 2.24) is 9.88 Å². The molecule has 0 aliphatic heterocycles. The van der Waals surface area contributed by atoms with Gasteiger partial charge in [0.05, 0.1) is 12.5 Å². The van der Waals surface area contributed by atoms with Gasteiger partial charge in [0, 0.05) is 24.9 Å². The highest BCUT2D eigenvalue weighted by Gasteiger charge is 2.21. The van der Waals surface area contributed by atoms with Crippen LogP contribution in [0.25, 0.3) is 11.1 Å². The molecule has 0 radical (unpaired) electrons. The second-order valence-corrected chi connectivity index (χ2v) is 7.48. The zero-order valence-corrected chi connectivity index (χ0v) is 17.7. The second kappa shape index (κ2) is 9.51. The Morgan fingerprint density at radius 3 is 2.39 bits per heavy atom. The molecule has 8 nitrogen and oxygen atoms in total. The summed E-state index contributed by atoms with van der Waals surface area (Å²) in [6.07, 6.45) is 0.890. The van der Waals surface area contributed by atoms with E-state index in [0.717, 1.165) is 18.2 Å². The quantitative estimate of drug-likeness (QED) is 0.450. The van der Waals surface area contributed by atoms with E-state index in [2.05, 4.69) is 10.6 Å². The van der Waals surface area contributed by atoms with Gasteiger partial charge in [0.2, 0.25) is 0 Å². The molecule has 0 spiro atoms. The summed E-state index contributed by atoms with van der Waals surface area (Å²) >= 11 is 0. The maximum atomic E-state index is 13.6. The number of carbonyl (C=O) groups is 2. The summed E-state index contributed by atoms with van der Waals surface area (Å²) in [6.45, 7) is 1.55. The van der Waals surface area contributed by atoms with Crippen molar-refractivity contribution in [2.24, 2.45) is 7.05 Å². The zero-order valence-electron chi connectivity index (χ0n) is 17.7. The van der Waals surface area contributed by atoms with Crippen LogP contribution >= 0.6 is 0 Å². The number of carboxylic acid groups (broad SMARTS) is 1. The van der Waals surface area contributed by atoms with E-state index < -0.39 is 47.4 Å². The van der Waals surface area contributed by atoms with Crippen LogP contribution in [0.5, 0.6) is 5.75 Å². The Hall–Kier alpha value is -4.21. The number of nitrogens with zero attached hydrogens (tertiary/aromatic N) is 1. The molecule has 33 heavy (non-hydrogen) atoms. The van der Waals surface area contributed by atoms with E-state index in [-0.39, 0.29) is 11.3 Å². The van der Waals surface area contributed by atoms with Crippen LogP contribution in [0.4, 0.5) is 19.3 Å². The van der Waals surface area contributed by atoms with E-state index in [0.29, 0.717) is 16.7 Å². The molecule has 10 heteroatoms. The molecule has 2 amide bonds. The van der Waals surface area contributed by atoms with Crippen molar-refractivity contribution in [1.29, 1.82) is 0 Å². The van der Waals surface area contributed by atoms with Gasteiger partial charge in [-0.15, -0.1) is 0 Å². The minimum absolute atomic E-state index is 0.237. The number of aromatic nitrogens is 1. The smallest absolute Gasteiger partial charge is 0.319 e. The van der Waals surface area contributed by atoms with Crippen LogP contribution in [0.1, 0.15) is 23.6 Å². The van der Waals surface area contributed by atoms with Gasteiger partial charge in [0.1, 0.15) is 17.4 Å². The van der Waals surface area contributed by atoms with E-state index in [9.17, 15) is 33.4 Å². The molecule has 0 saturated carbocycles. The van der Waals surface area contributed by atoms with Gasteiger partial charge in [0.25, 0.3) is 5.56 Å². The number of amides is 2. The van der Waals surface area contributed by atoms with Crippen molar-refractivity contribution in [2.45, 2.75) is 19.4 Å². The number of aryl methyl sites for hydroxylation is 2. The molecular weight excluding hydrogens is 436 g/mol. The van der Waals surface area contributed by atoms with Crippen molar-refractivity contribution in [3.8, 4) is 16.9 Å². The van der Waals surface area contributed by atoms with Gasteiger partial charge in [-0.1, -0.05) is 18.2 Å². The Morgan fingerprint density at radius 2 is 1.76 bits per heavy atom. The molecule has 0 aliphatic carbocycles. The van der Waals surface area contributed by atoms with E-state index in [1.165, 1.54) is 23.9 Å². The third kappa shape index (κ3) is 5.53. The number of urea groups is 1. The Labute approximate surface area is 187 Å². The van der Waals surface area contributed by atoms with E-state index in [1.54, 1.807) is 25.1 Å². The SMILES string of the molecule is Cc1cn(C)c(=O)c(NC(=O)N[C@@H](CC(=O)O)c2cccc(-c3cc(F)cc(F)c3)c2)c1O. The van der Waals surface area contributed by atoms with Gasteiger partial charge in [0.15, 0.2) is 5.69 Å². The van der Waals surface area contributed by atoms with Crippen molar-refractivity contribution in [2.75, 3.05) is 5.32 Å². The lowest BCUT2D eigenvalue weighted by atomic mass is 9.97. The number of pyridine rings is 1. The Morgan fingerprint density at radius 1 is 1.09 bits per heavy atom. The lowest BCUT2D eigenvalue weighted by Gasteiger charge is -2.19. The maximum absolute atomic E-state index is 13.6. The second-order valence-electron chi connectivity index (χ2n) is 7.48. The number of aromatic hydroxyl groups is 1. The van der Waals surface area contributed by atoms with Gasteiger partial charge < -0.3 is 25.4 Å². The Bertz CT molecular complexity index is 1270. The number of rotatable bonds is 6. The molecule has 1 atom stereocenters. The molecule has 0 unspecified atom stereocenters. The number of nitrogens with one attached hydrogen (secondary N) is 2. The molecule has 4 N–H and O–H groups in total. The number of benzene rings is 2.